The Labute approximate surface area is 134 Å². The molecule has 0 heterocycles. The molecule has 0 amide bonds. The van der Waals surface area contributed by atoms with Gasteiger partial charge in [0, 0.05) is 5.92 Å². The highest BCUT2D eigenvalue weighted by Crippen LogP contribution is 2.70. The summed E-state index contributed by atoms with van der Waals surface area (Å²) in [7, 11) is 0. The van der Waals surface area contributed by atoms with Crippen LogP contribution in [0.25, 0.3) is 0 Å². The third-order valence-electron chi connectivity index (χ3n) is 6.86. The quantitative estimate of drug-likeness (QED) is 0.609. The van der Waals surface area contributed by atoms with Crippen molar-refractivity contribution in [1.82, 2.24) is 0 Å². The number of hydrogen-bond donors (Lipinski definition) is 0. The third-order valence-corrected chi connectivity index (χ3v) is 7.68. The van der Waals surface area contributed by atoms with Gasteiger partial charge in [-0.3, -0.25) is 0 Å². The molecule has 6 unspecified atom stereocenters. The summed E-state index contributed by atoms with van der Waals surface area (Å²) in [5.41, 5.74) is 6.95. The molecule has 1 aromatic rings. The van der Waals surface area contributed by atoms with E-state index in [4.69, 9.17) is 0 Å². The number of allylic oxidation sites excluding steroid dienone is 4. The van der Waals surface area contributed by atoms with E-state index in [2.05, 4.69) is 46.3 Å². The summed E-state index contributed by atoms with van der Waals surface area (Å²) in [6, 6.07) is 9.31. The SMILES string of the molecule is BrC1=CC2=C(C3CC13)C1c3ccccc3CCC1C1CC21. The first-order chi connectivity index (χ1) is 10.3. The smallest absolute Gasteiger partial charge is 0.00910 e. The highest BCUT2D eigenvalue weighted by molar-refractivity contribution is 9.11. The van der Waals surface area contributed by atoms with E-state index in [1.54, 1.807) is 16.7 Å². The molecule has 0 saturated heterocycles. The van der Waals surface area contributed by atoms with Gasteiger partial charge in [0.15, 0.2) is 0 Å². The lowest BCUT2D eigenvalue weighted by atomic mass is 9.63. The number of benzene rings is 1. The first-order valence-corrected chi connectivity index (χ1v) is 9.31. The zero-order valence-corrected chi connectivity index (χ0v) is 13.6. The summed E-state index contributed by atoms with van der Waals surface area (Å²) >= 11 is 3.85. The second-order valence-electron chi connectivity index (χ2n) is 7.77. The topological polar surface area (TPSA) is 0 Å². The Balaban J connectivity index is 1.60. The maximum Gasteiger partial charge on any atom is 0.00910 e. The molecule has 6 rings (SSSR count). The van der Waals surface area contributed by atoms with E-state index in [9.17, 15) is 0 Å². The van der Waals surface area contributed by atoms with Gasteiger partial charge in [0.05, 0.1) is 0 Å². The number of rotatable bonds is 0. The Morgan fingerprint density at radius 1 is 0.952 bits per heavy atom. The van der Waals surface area contributed by atoms with Crippen molar-refractivity contribution in [3.8, 4) is 0 Å². The van der Waals surface area contributed by atoms with Gasteiger partial charge in [-0.1, -0.05) is 45.8 Å². The molecule has 0 nitrogen and oxygen atoms in total. The van der Waals surface area contributed by atoms with Crippen LogP contribution < -0.4 is 0 Å². The summed E-state index contributed by atoms with van der Waals surface area (Å²) in [5, 5.41) is 0. The van der Waals surface area contributed by atoms with E-state index in [0.29, 0.717) is 0 Å². The second-order valence-corrected chi connectivity index (χ2v) is 8.69. The minimum Gasteiger partial charge on any atom is -0.0620 e. The van der Waals surface area contributed by atoms with Crippen LogP contribution in [0.4, 0.5) is 0 Å². The van der Waals surface area contributed by atoms with Crippen molar-refractivity contribution in [3.63, 3.8) is 0 Å². The Bertz CT molecular complexity index is 725. The normalized spacial score (nSPS) is 44.7. The molecule has 2 fully saturated rings. The lowest BCUT2D eigenvalue weighted by molar-refractivity contribution is 0.323. The van der Waals surface area contributed by atoms with Crippen molar-refractivity contribution in [2.24, 2.45) is 29.6 Å². The van der Waals surface area contributed by atoms with Crippen LogP contribution in [-0.4, -0.2) is 0 Å². The summed E-state index contributed by atoms with van der Waals surface area (Å²) in [5.74, 6) is 5.33. The number of hydrogen-bond acceptors (Lipinski definition) is 0. The molecule has 0 radical (unpaired) electrons. The predicted octanol–water partition coefficient (Wildman–Crippen LogP) is 5.21. The predicted molar refractivity (Wildman–Crippen MR) is 88.2 cm³/mol. The molecule has 1 aromatic carbocycles. The molecule has 21 heavy (non-hydrogen) atoms. The number of halogens is 1. The lowest BCUT2D eigenvalue weighted by Gasteiger charge is -2.41. The van der Waals surface area contributed by atoms with Crippen LogP contribution >= 0.6 is 15.9 Å². The monoisotopic (exact) mass is 338 g/mol. The Morgan fingerprint density at radius 2 is 1.86 bits per heavy atom. The highest BCUT2D eigenvalue weighted by atomic mass is 79.9. The minimum absolute atomic E-state index is 0.764. The summed E-state index contributed by atoms with van der Waals surface area (Å²) in [6.07, 6.45) is 8.15. The summed E-state index contributed by atoms with van der Waals surface area (Å²) < 4.78 is 1.50. The van der Waals surface area contributed by atoms with E-state index in [0.717, 1.165) is 35.5 Å². The highest BCUT2D eigenvalue weighted by Gasteiger charge is 2.59. The number of fused-ring (bicyclic) bond motifs is 9. The molecule has 0 aromatic heterocycles. The Kier molecular flexibility index (Phi) is 2.08. The molecule has 5 aliphatic carbocycles. The van der Waals surface area contributed by atoms with Crippen molar-refractivity contribution in [1.29, 1.82) is 0 Å². The largest absolute Gasteiger partial charge is 0.0620 e. The van der Waals surface area contributed by atoms with Crippen molar-refractivity contribution in [2.45, 2.75) is 31.6 Å². The van der Waals surface area contributed by atoms with E-state index < -0.39 is 0 Å². The van der Waals surface area contributed by atoms with E-state index in [-0.39, 0.29) is 0 Å². The van der Waals surface area contributed by atoms with Crippen LogP contribution in [0.1, 0.15) is 36.3 Å². The molecule has 6 atom stereocenters. The van der Waals surface area contributed by atoms with Gasteiger partial charge in [0.2, 0.25) is 0 Å². The van der Waals surface area contributed by atoms with Crippen LogP contribution in [0, 0.1) is 29.6 Å². The zero-order chi connectivity index (χ0) is 13.7. The second kappa shape index (κ2) is 3.74. The number of aryl methyl sites for hydroxylation is 1. The van der Waals surface area contributed by atoms with Crippen LogP contribution in [0.3, 0.4) is 0 Å². The summed E-state index contributed by atoms with van der Waals surface area (Å²) in [4.78, 5) is 0. The molecule has 5 aliphatic rings. The average molecular weight is 339 g/mol. The molecule has 0 aliphatic heterocycles. The Hall–Kier alpha value is -0.820. The van der Waals surface area contributed by atoms with Gasteiger partial charge in [-0.2, -0.15) is 0 Å². The molecule has 0 bridgehead atoms. The van der Waals surface area contributed by atoms with Gasteiger partial charge in [-0.15, -0.1) is 0 Å². The van der Waals surface area contributed by atoms with Gasteiger partial charge in [-0.25, -0.2) is 0 Å². The maximum atomic E-state index is 3.85. The van der Waals surface area contributed by atoms with Crippen molar-refractivity contribution < 1.29 is 0 Å². The molecule has 0 spiro atoms. The van der Waals surface area contributed by atoms with E-state index >= 15 is 0 Å². The van der Waals surface area contributed by atoms with Gasteiger partial charge >= 0.3 is 0 Å². The lowest BCUT2D eigenvalue weighted by Crippen LogP contribution is -2.30. The van der Waals surface area contributed by atoms with E-state index in [1.165, 1.54) is 30.2 Å². The minimum atomic E-state index is 0.764. The van der Waals surface area contributed by atoms with Crippen LogP contribution in [-0.2, 0) is 6.42 Å². The average Bonchev–Trinajstić information content (AvgIpc) is 3.38. The maximum absolute atomic E-state index is 3.85. The molecular formula is C20H19Br. The van der Waals surface area contributed by atoms with Crippen molar-refractivity contribution in [3.05, 3.63) is 57.1 Å². The zero-order valence-electron chi connectivity index (χ0n) is 12.1. The van der Waals surface area contributed by atoms with Crippen LogP contribution in [0.15, 0.2) is 46.0 Å². The molecular weight excluding hydrogens is 320 g/mol. The van der Waals surface area contributed by atoms with Gasteiger partial charge in [0.1, 0.15) is 0 Å². The first-order valence-electron chi connectivity index (χ1n) is 8.52. The molecule has 106 valence electrons. The fourth-order valence-electron chi connectivity index (χ4n) is 5.82. The van der Waals surface area contributed by atoms with Gasteiger partial charge in [-0.05, 0) is 82.5 Å². The van der Waals surface area contributed by atoms with Crippen molar-refractivity contribution in [2.75, 3.05) is 0 Å². The standard InChI is InChI=1S/C20H19Br/c21-18-9-17-14-7-13(14)12-6-5-10-3-1-2-4-11(10)19(12)20(17)16-8-15(16)18/h1-4,9,12-16,19H,5-8H2. The fraction of sp³-hybridized carbons (Fsp3) is 0.500. The Morgan fingerprint density at radius 3 is 2.81 bits per heavy atom. The fourth-order valence-corrected chi connectivity index (χ4v) is 6.57. The molecule has 0 N–H and O–H groups in total. The first kappa shape index (κ1) is 11.7. The van der Waals surface area contributed by atoms with Gasteiger partial charge < -0.3 is 0 Å². The molecule has 2 saturated carbocycles. The van der Waals surface area contributed by atoms with Crippen molar-refractivity contribution >= 4 is 15.9 Å². The molecule has 1 heteroatoms. The summed E-state index contributed by atoms with van der Waals surface area (Å²) in [6.45, 7) is 0. The third kappa shape index (κ3) is 1.42. The van der Waals surface area contributed by atoms with Crippen LogP contribution in [0.5, 0.6) is 0 Å². The van der Waals surface area contributed by atoms with E-state index in [1.807, 2.05) is 5.57 Å². The van der Waals surface area contributed by atoms with Gasteiger partial charge in [0.25, 0.3) is 0 Å². The van der Waals surface area contributed by atoms with Crippen LogP contribution in [0.2, 0.25) is 0 Å².